The Hall–Kier alpha value is -3.09. The molecule has 1 saturated heterocycles. The van der Waals surface area contributed by atoms with Crippen LogP contribution in [-0.2, 0) is 4.79 Å². The SMILES string of the molecule is COc1cccc(OC)c1C(=O)N1CC(C(=O)O)C(c2ccc(F)cc2)C1. The van der Waals surface area contributed by atoms with E-state index in [1.807, 2.05) is 0 Å². The summed E-state index contributed by atoms with van der Waals surface area (Å²) in [6.45, 7) is 0.264. The predicted octanol–water partition coefficient (Wildman–Crippen LogP) is 2.78. The Kier molecular flexibility index (Phi) is 5.30. The number of carboxylic acid groups (broad SMARTS) is 1. The smallest absolute Gasteiger partial charge is 0.308 e. The van der Waals surface area contributed by atoms with Crippen LogP contribution in [0.4, 0.5) is 4.39 Å². The van der Waals surface area contributed by atoms with Crippen LogP contribution in [0.1, 0.15) is 21.8 Å². The minimum absolute atomic E-state index is 0.0530. The molecule has 0 bridgehead atoms. The van der Waals surface area contributed by atoms with Crippen LogP contribution in [0.25, 0.3) is 0 Å². The maximum absolute atomic E-state index is 13.2. The van der Waals surface area contributed by atoms with E-state index in [1.165, 1.54) is 31.3 Å². The highest BCUT2D eigenvalue weighted by Gasteiger charge is 2.41. The fourth-order valence-corrected chi connectivity index (χ4v) is 3.49. The first-order chi connectivity index (χ1) is 13.0. The molecular weight excluding hydrogens is 353 g/mol. The summed E-state index contributed by atoms with van der Waals surface area (Å²) in [4.78, 5) is 26.3. The molecule has 1 aliphatic heterocycles. The van der Waals surface area contributed by atoms with Gasteiger partial charge < -0.3 is 19.5 Å². The van der Waals surface area contributed by atoms with E-state index < -0.39 is 23.6 Å². The number of hydrogen-bond acceptors (Lipinski definition) is 4. The largest absolute Gasteiger partial charge is 0.496 e. The van der Waals surface area contributed by atoms with E-state index in [1.54, 1.807) is 30.3 Å². The van der Waals surface area contributed by atoms with Gasteiger partial charge in [-0.3, -0.25) is 9.59 Å². The maximum Gasteiger partial charge on any atom is 0.308 e. The van der Waals surface area contributed by atoms with Gasteiger partial charge in [-0.25, -0.2) is 4.39 Å². The van der Waals surface area contributed by atoms with Gasteiger partial charge in [-0.05, 0) is 29.8 Å². The van der Waals surface area contributed by atoms with Gasteiger partial charge >= 0.3 is 5.97 Å². The minimum atomic E-state index is -0.994. The highest BCUT2D eigenvalue weighted by molar-refractivity contribution is 6.00. The first kappa shape index (κ1) is 18.7. The van der Waals surface area contributed by atoms with E-state index >= 15 is 0 Å². The zero-order valence-electron chi connectivity index (χ0n) is 15.0. The highest BCUT2D eigenvalue weighted by Crippen LogP contribution is 2.36. The summed E-state index contributed by atoms with van der Waals surface area (Å²) in [7, 11) is 2.91. The van der Waals surface area contributed by atoms with Crippen molar-refractivity contribution in [3.8, 4) is 11.5 Å². The molecule has 2 aromatic carbocycles. The highest BCUT2D eigenvalue weighted by atomic mass is 19.1. The summed E-state index contributed by atoms with van der Waals surface area (Å²) in [6.07, 6.45) is 0. The summed E-state index contributed by atoms with van der Waals surface area (Å²) in [6, 6.07) is 10.7. The Labute approximate surface area is 156 Å². The molecule has 1 heterocycles. The minimum Gasteiger partial charge on any atom is -0.496 e. The van der Waals surface area contributed by atoms with Crippen molar-refractivity contribution >= 4 is 11.9 Å². The van der Waals surface area contributed by atoms with E-state index in [0.29, 0.717) is 17.1 Å². The molecule has 0 saturated carbocycles. The molecule has 2 aromatic rings. The molecule has 0 aromatic heterocycles. The van der Waals surface area contributed by atoms with Crippen molar-refractivity contribution in [3.05, 3.63) is 59.4 Å². The number of likely N-dealkylation sites (tertiary alicyclic amines) is 1. The molecule has 1 aliphatic rings. The molecule has 3 rings (SSSR count). The second kappa shape index (κ2) is 7.65. The van der Waals surface area contributed by atoms with Crippen LogP contribution in [-0.4, -0.2) is 49.2 Å². The van der Waals surface area contributed by atoms with Crippen molar-refractivity contribution in [2.45, 2.75) is 5.92 Å². The molecule has 1 N–H and O–H groups in total. The lowest BCUT2D eigenvalue weighted by Gasteiger charge is -2.20. The van der Waals surface area contributed by atoms with Crippen LogP contribution >= 0.6 is 0 Å². The fourth-order valence-electron chi connectivity index (χ4n) is 3.49. The number of ether oxygens (including phenoxy) is 2. The van der Waals surface area contributed by atoms with Crippen LogP contribution in [0.2, 0.25) is 0 Å². The third-order valence-corrected chi connectivity index (χ3v) is 4.86. The number of carbonyl (C=O) groups is 2. The topological polar surface area (TPSA) is 76.1 Å². The predicted molar refractivity (Wildman–Crippen MR) is 95.7 cm³/mol. The Balaban J connectivity index is 1.93. The molecular formula is C20H20FNO5. The van der Waals surface area contributed by atoms with Crippen molar-refractivity contribution < 1.29 is 28.6 Å². The number of methoxy groups -OCH3 is 2. The molecule has 142 valence electrons. The number of nitrogens with zero attached hydrogens (tertiary/aromatic N) is 1. The van der Waals surface area contributed by atoms with Gasteiger partial charge in [-0.2, -0.15) is 0 Å². The van der Waals surface area contributed by atoms with Gasteiger partial charge in [-0.1, -0.05) is 18.2 Å². The second-order valence-electron chi connectivity index (χ2n) is 6.35. The molecule has 2 atom stereocenters. The summed E-state index contributed by atoms with van der Waals surface area (Å²) < 4.78 is 23.8. The van der Waals surface area contributed by atoms with Gasteiger partial charge in [0.1, 0.15) is 22.9 Å². The number of carboxylic acids is 1. The van der Waals surface area contributed by atoms with Gasteiger partial charge in [0, 0.05) is 19.0 Å². The Morgan fingerprint density at radius 2 is 1.63 bits per heavy atom. The van der Waals surface area contributed by atoms with Gasteiger partial charge in [0.2, 0.25) is 0 Å². The van der Waals surface area contributed by atoms with Crippen LogP contribution < -0.4 is 9.47 Å². The normalized spacial score (nSPS) is 19.0. The molecule has 0 radical (unpaired) electrons. The number of rotatable bonds is 5. The Bertz CT molecular complexity index is 830. The van der Waals surface area contributed by atoms with Crippen molar-refractivity contribution in [1.29, 1.82) is 0 Å². The molecule has 1 fully saturated rings. The summed E-state index contributed by atoms with van der Waals surface area (Å²) in [5.74, 6) is -2.23. The fraction of sp³-hybridized carbons (Fsp3) is 0.300. The zero-order valence-corrected chi connectivity index (χ0v) is 15.0. The number of carbonyl (C=O) groups excluding carboxylic acids is 1. The molecule has 0 aliphatic carbocycles. The maximum atomic E-state index is 13.2. The van der Waals surface area contributed by atoms with Gasteiger partial charge in [-0.15, -0.1) is 0 Å². The number of amides is 1. The Morgan fingerprint density at radius 1 is 1.04 bits per heavy atom. The van der Waals surface area contributed by atoms with Gasteiger partial charge in [0.25, 0.3) is 5.91 Å². The molecule has 27 heavy (non-hydrogen) atoms. The lowest BCUT2D eigenvalue weighted by Crippen LogP contribution is -2.30. The van der Waals surface area contributed by atoms with Crippen LogP contribution in [0.5, 0.6) is 11.5 Å². The molecule has 6 nitrogen and oxygen atoms in total. The average Bonchev–Trinajstić information content (AvgIpc) is 3.13. The lowest BCUT2D eigenvalue weighted by atomic mass is 9.89. The lowest BCUT2D eigenvalue weighted by molar-refractivity contribution is -0.141. The first-order valence-electron chi connectivity index (χ1n) is 8.44. The molecule has 0 spiro atoms. The molecule has 2 unspecified atom stereocenters. The third-order valence-electron chi connectivity index (χ3n) is 4.86. The first-order valence-corrected chi connectivity index (χ1v) is 8.44. The van der Waals surface area contributed by atoms with E-state index in [4.69, 9.17) is 9.47 Å². The summed E-state index contributed by atoms with van der Waals surface area (Å²) >= 11 is 0. The second-order valence-corrected chi connectivity index (χ2v) is 6.35. The summed E-state index contributed by atoms with van der Waals surface area (Å²) in [5.41, 5.74) is 0.942. The number of benzene rings is 2. The van der Waals surface area contributed by atoms with Crippen LogP contribution in [0.15, 0.2) is 42.5 Å². The number of halogens is 1. The summed E-state index contributed by atoms with van der Waals surface area (Å²) in [5, 5.41) is 9.61. The third kappa shape index (κ3) is 3.58. The van der Waals surface area contributed by atoms with Gasteiger partial charge in [0.05, 0.1) is 20.1 Å². The quantitative estimate of drug-likeness (QED) is 0.872. The van der Waals surface area contributed by atoms with Crippen molar-refractivity contribution in [2.24, 2.45) is 5.92 Å². The van der Waals surface area contributed by atoms with Crippen LogP contribution in [0.3, 0.4) is 0 Å². The zero-order chi connectivity index (χ0) is 19.6. The van der Waals surface area contributed by atoms with Crippen molar-refractivity contribution in [3.63, 3.8) is 0 Å². The van der Waals surface area contributed by atoms with E-state index in [-0.39, 0.29) is 24.6 Å². The van der Waals surface area contributed by atoms with E-state index in [2.05, 4.69) is 0 Å². The van der Waals surface area contributed by atoms with Crippen LogP contribution in [0, 0.1) is 11.7 Å². The van der Waals surface area contributed by atoms with Crippen molar-refractivity contribution in [1.82, 2.24) is 4.90 Å². The van der Waals surface area contributed by atoms with E-state index in [9.17, 15) is 19.1 Å². The Morgan fingerprint density at radius 3 is 2.15 bits per heavy atom. The molecule has 1 amide bonds. The van der Waals surface area contributed by atoms with E-state index in [0.717, 1.165) is 0 Å². The standard InChI is InChI=1S/C20H20FNO5/c1-26-16-4-3-5-17(27-2)18(16)19(23)22-10-14(15(11-22)20(24)25)12-6-8-13(21)9-7-12/h3-9,14-15H,10-11H2,1-2H3,(H,24,25). The molecule has 7 heteroatoms. The number of hydrogen-bond donors (Lipinski definition) is 1. The van der Waals surface area contributed by atoms with Gasteiger partial charge in [0.15, 0.2) is 0 Å². The number of aliphatic carboxylic acids is 1. The van der Waals surface area contributed by atoms with Crippen molar-refractivity contribution in [2.75, 3.05) is 27.3 Å². The average molecular weight is 373 g/mol. The monoisotopic (exact) mass is 373 g/mol.